The predicted octanol–water partition coefficient (Wildman–Crippen LogP) is 2.43. The average Bonchev–Trinajstić information content (AvgIpc) is 2.62. The zero-order chi connectivity index (χ0) is 18.2. The van der Waals surface area contributed by atoms with Gasteiger partial charge in [-0.1, -0.05) is 18.2 Å². The average molecular weight is 341 g/mol. The van der Waals surface area contributed by atoms with Crippen molar-refractivity contribution >= 4 is 17.6 Å². The van der Waals surface area contributed by atoms with E-state index in [-0.39, 0.29) is 18.4 Å². The van der Waals surface area contributed by atoms with E-state index in [1.807, 2.05) is 37.3 Å². The Balaban J connectivity index is 1.78. The standard InChI is InChI=1S/C19H23N3O3/c1-14-4-10-17(20-12-14)21-18(23)13-22(2)19(24)11-7-15-5-8-16(25-3)9-6-15/h4-6,8-10,12H,7,11,13H2,1-3H3,(H,20,21,23). The first-order chi connectivity index (χ1) is 12.0. The molecule has 0 saturated carbocycles. The van der Waals surface area contributed by atoms with Crippen molar-refractivity contribution < 1.29 is 14.3 Å². The summed E-state index contributed by atoms with van der Waals surface area (Å²) in [5.41, 5.74) is 2.07. The summed E-state index contributed by atoms with van der Waals surface area (Å²) in [6.07, 6.45) is 2.65. The van der Waals surface area contributed by atoms with Crippen molar-refractivity contribution in [3.63, 3.8) is 0 Å². The van der Waals surface area contributed by atoms with E-state index >= 15 is 0 Å². The van der Waals surface area contributed by atoms with Crippen LogP contribution in [0.25, 0.3) is 0 Å². The number of pyridine rings is 1. The number of hydrogen-bond acceptors (Lipinski definition) is 4. The van der Waals surface area contributed by atoms with Crippen molar-refractivity contribution in [1.82, 2.24) is 9.88 Å². The molecule has 0 unspecified atom stereocenters. The zero-order valence-electron chi connectivity index (χ0n) is 14.8. The van der Waals surface area contributed by atoms with Gasteiger partial charge in [0.05, 0.1) is 13.7 Å². The lowest BCUT2D eigenvalue weighted by Crippen LogP contribution is -2.35. The monoisotopic (exact) mass is 341 g/mol. The maximum Gasteiger partial charge on any atom is 0.245 e. The molecule has 2 amide bonds. The van der Waals surface area contributed by atoms with Crippen LogP contribution in [0.1, 0.15) is 17.5 Å². The van der Waals surface area contributed by atoms with Gasteiger partial charge in [-0.3, -0.25) is 9.59 Å². The van der Waals surface area contributed by atoms with Gasteiger partial charge in [-0.15, -0.1) is 0 Å². The number of hydrogen-bond donors (Lipinski definition) is 1. The number of likely N-dealkylation sites (N-methyl/N-ethyl adjacent to an activating group) is 1. The predicted molar refractivity (Wildman–Crippen MR) is 96.6 cm³/mol. The van der Waals surface area contributed by atoms with Crippen LogP contribution in [0.3, 0.4) is 0 Å². The van der Waals surface area contributed by atoms with E-state index in [0.29, 0.717) is 18.7 Å². The van der Waals surface area contributed by atoms with E-state index in [4.69, 9.17) is 4.74 Å². The highest BCUT2D eigenvalue weighted by Gasteiger charge is 2.13. The minimum atomic E-state index is -0.267. The first-order valence-electron chi connectivity index (χ1n) is 8.07. The molecule has 6 nitrogen and oxygen atoms in total. The lowest BCUT2D eigenvalue weighted by Gasteiger charge is -2.16. The molecular formula is C19H23N3O3. The third kappa shape index (κ3) is 5.91. The van der Waals surface area contributed by atoms with Gasteiger partial charge in [0.2, 0.25) is 11.8 Å². The van der Waals surface area contributed by atoms with Crippen molar-refractivity contribution in [3.05, 3.63) is 53.7 Å². The number of aryl methyl sites for hydroxylation is 2. The van der Waals surface area contributed by atoms with Crippen LogP contribution >= 0.6 is 0 Å². The largest absolute Gasteiger partial charge is 0.497 e. The lowest BCUT2D eigenvalue weighted by atomic mass is 10.1. The first-order valence-corrected chi connectivity index (χ1v) is 8.07. The number of carbonyl (C=O) groups excluding carboxylic acids is 2. The Labute approximate surface area is 147 Å². The number of ether oxygens (including phenoxy) is 1. The Morgan fingerprint density at radius 1 is 1.16 bits per heavy atom. The molecule has 1 N–H and O–H groups in total. The molecule has 0 radical (unpaired) electrons. The van der Waals surface area contributed by atoms with Gasteiger partial charge in [0.1, 0.15) is 11.6 Å². The summed E-state index contributed by atoms with van der Waals surface area (Å²) in [6, 6.07) is 11.2. The highest BCUT2D eigenvalue weighted by atomic mass is 16.5. The molecule has 0 bridgehead atoms. The molecule has 0 aliphatic rings. The molecular weight excluding hydrogens is 318 g/mol. The number of carbonyl (C=O) groups is 2. The fourth-order valence-corrected chi connectivity index (χ4v) is 2.26. The second kappa shape index (κ2) is 8.82. The van der Waals surface area contributed by atoms with Crippen LogP contribution < -0.4 is 10.1 Å². The van der Waals surface area contributed by atoms with Crippen molar-refractivity contribution in [1.29, 1.82) is 0 Å². The van der Waals surface area contributed by atoms with Crippen LogP contribution in [-0.4, -0.2) is 42.4 Å². The minimum Gasteiger partial charge on any atom is -0.497 e. The Hall–Kier alpha value is -2.89. The van der Waals surface area contributed by atoms with Crippen molar-refractivity contribution in [2.75, 3.05) is 26.0 Å². The van der Waals surface area contributed by atoms with Crippen LogP contribution in [0.2, 0.25) is 0 Å². The number of nitrogens with one attached hydrogen (secondary N) is 1. The molecule has 0 saturated heterocycles. The number of methoxy groups -OCH3 is 1. The maximum absolute atomic E-state index is 12.2. The SMILES string of the molecule is COc1ccc(CCC(=O)N(C)CC(=O)Nc2ccc(C)cn2)cc1. The number of nitrogens with zero attached hydrogens (tertiary/aromatic N) is 2. The molecule has 0 fully saturated rings. The van der Waals surface area contributed by atoms with E-state index in [1.54, 1.807) is 26.4 Å². The second-order valence-electron chi connectivity index (χ2n) is 5.87. The minimum absolute atomic E-state index is 0.00297. The first kappa shape index (κ1) is 18.4. The van der Waals surface area contributed by atoms with Gasteiger partial charge in [0.15, 0.2) is 0 Å². The molecule has 2 rings (SSSR count). The van der Waals surface area contributed by atoms with Gasteiger partial charge in [-0.25, -0.2) is 4.98 Å². The normalized spacial score (nSPS) is 10.2. The number of benzene rings is 1. The molecule has 1 aromatic heterocycles. The molecule has 25 heavy (non-hydrogen) atoms. The maximum atomic E-state index is 12.2. The summed E-state index contributed by atoms with van der Waals surface area (Å²) in [5.74, 6) is 0.919. The number of aromatic nitrogens is 1. The third-order valence-corrected chi connectivity index (χ3v) is 3.77. The Bertz CT molecular complexity index is 712. The number of amides is 2. The summed E-state index contributed by atoms with van der Waals surface area (Å²) < 4.78 is 5.11. The fraction of sp³-hybridized carbons (Fsp3) is 0.316. The summed E-state index contributed by atoms with van der Waals surface area (Å²) in [7, 11) is 3.24. The Morgan fingerprint density at radius 3 is 2.48 bits per heavy atom. The van der Waals surface area contributed by atoms with Gasteiger partial charge in [0.25, 0.3) is 0 Å². The summed E-state index contributed by atoms with van der Waals surface area (Å²) in [4.78, 5) is 29.7. The van der Waals surface area contributed by atoms with Crippen molar-refractivity contribution in [3.8, 4) is 5.75 Å². The molecule has 6 heteroatoms. The smallest absolute Gasteiger partial charge is 0.245 e. The quantitative estimate of drug-likeness (QED) is 0.839. The molecule has 0 atom stereocenters. The Morgan fingerprint density at radius 2 is 1.88 bits per heavy atom. The van der Waals surface area contributed by atoms with Crippen LogP contribution in [0.4, 0.5) is 5.82 Å². The highest BCUT2D eigenvalue weighted by molar-refractivity contribution is 5.93. The molecule has 1 heterocycles. The van der Waals surface area contributed by atoms with E-state index in [9.17, 15) is 9.59 Å². The van der Waals surface area contributed by atoms with Crippen molar-refractivity contribution in [2.24, 2.45) is 0 Å². The van der Waals surface area contributed by atoms with E-state index < -0.39 is 0 Å². The van der Waals surface area contributed by atoms with E-state index in [2.05, 4.69) is 10.3 Å². The fourth-order valence-electron chi connectivity index (χ4n) is 2.26. The lowest BCUT2D eigenvalue weighted by molar-refractivity contribution is -0.133. The molecule has 132 valence electrons. The highest BCUT2D eigenvalue weighted by Crippen LogP contribution is 2.13. The van der Waals surface area contributed by atoms with Crippen LogP contribution in [0.15, 0.2) is 42.6 Å². The van der Waals surface area contributed by atoms with Crippen LogP contribution in [0.5, 0.6) is 5.75 Å². The van der Waals surface area contributed by atoms with Crippen LogP contribution in [0, 0.1) is 6.92 Å². The topological polar surface area (TPSA) is 71.5 Å². The number of anilines is 1. The summed E-state index contributed by atoms with van der Waals surface area (Å²) in [5, 5.41) is 2.68. The zero-order valence-corrected chi connectivity index (χ0v) is 14.8. The summed E-state index contributed by atoms with van der Waals surface area (Å²) >= 11 is 0. The van der Waals surface area contributed by atoms with Gasteiger partial charge in [0, 0.05) is 19.7 Å². The molecule has 0 aliphatic heterocycles. The Kier molecular flexibility index (Phi) is 6.51. The molecule has 0 aliphatic carbocycles. The van der Waals surface area contributed by atoms with Gasteiger partial charge in [-0.2, -0.15) is 0 Å². The molecule has 0 spiro atoms. The van der Waals surface area contributed by atoms with Gasteiger partial charge in [-0.05, 0) is 42.7 Å². The second-order valence-corrected chi connectivity index (χ2v) is 5.87. The van der Waals surface area contributed by atoms with Gasteiger partial charge >= 0.3 is 0 Å². The summed E-state index contributed by atoms with van der Waals surface area (Å²) in [6.45, 7) is 1.92. The van der Waals surface area contributed by atoms with E-state index in [0.717, 1.165) is 16.9 Å². The molecule has 2 aromatic rings. The van der Waals surface area contributed by atoms with E-state index in [1.165, 1.54) is 4.90 Å². The van der Waals surface area contributed by atoms with Gasteiger partial charge < -0.3 is 15.0 Å². The van der Waals surface area contributed by atoms with Crippen molar-refractivity contribution in [2.45, 2.75) is 19.8 Å². The number of rotatable bonds is 7. The molecule has 1 aromatic carbocycles. The van der Waals surface area contributed by atoms with Crippen LogP contribution in [-0.2, 0) is 16.0 Å². The third-order valence-electron chi connectivity index (χ3n) is 3.77.